The predicted octanol–water partition coefficient (Wildman–Crippen LogP) is 3.25. The number of ether oxygens (including phenoxy) is 4. The van der Waals surface area contributed by atoms with Crippen molar-refractivity contribution in [1.82, 2.24) is 0 Å². The standard InChI is InChI=1S/C24H20O9/c1-29-15-8-3-5-11(19(15)27)21-17(10-25)32-24-22-12(9-16(30-2)23(24)33-21)20(28)18-13(26)6-4-7-14(18)31-22/h3-9,17,21,25-27H,10H2,1-2H3. The van der Waals surface area contributed by atoms with E-state index in [1.807, 2.05) is 0 Å². The largest absolute Gasteiger partial charge is 0.507 e. The highest BCUT2D eigenvalue weighted by Crippen LogP contribution is 2.51. The molecule has 0 saturated heterocycles. The number of para-hydroxylation sites is 1. The Labute approximate surface area is 186 Å². The molecule has 0 spiro atoms. The number of aliphatic hydroxyl groups is 1. The van der Waals surface area contributed by atoms with Crippen molar-refractivity contribution in [3.05, 3.63) is 58.3 Å². The number of aromatic hydroxyl groups is 2. The van der Waals surface area contributed by atoms with Crippen LogP contribution in [0.5, 0.6) is 34.5 Å². The molecule has 1 aromatic heterocycles. The van der Waals surface area contributed by atoms with Crippen LogP contribution in [0.4, 0.5) is 0 Å². The first kappa shape index (κ1) is 20.8. The maximum atomic E-state index is 13.1. The highest BCUT2D eigenvalue weighted by molar-refractivity contribution is 5.97. The van der Waals surface area contributed by atoms with Crippen LogP contribution in [0.2, 0.25) is 0 Å². The molecule has 9 nitrogen and oxygen atoms in total. The first-order valence-electron chi connectivity index (χ1n) is 10.1. The third-order valence-corrected chi connectivity index (χ3v) is 5.65. The van der Waals surface area contributed by atoms with E-state index in [2.05, 4.69) is 0 Å². The summed E-state index contributed by atoms with van der Waals surface area (Å²) in [4.78, 5) is 13.1. The molecule has 2 heterocycles. The molecular weight excluding hydrogens is 432 g/mol. The number of methoxy groups -OCH3 is 2. The lowest BCUT2D eigenvalue weighted by Gasteiger charge is -2.34. The SMILES string of the molecule is COc1cccc(C2Oc3c(OC)cc4c(=O)c5c(O)cccc5oc4c3OC2CO)c1O. The molecule has 0 saturated carbocycles. The second-order valence-corrected chi connectivity index (χ2v) is 7.47. The molecule has 0 bridgehead atoms. The van der Waals surface area contributed by atoms with Crippen LogP contribution >= 0.6 is 0 Å². The molecule has 2 atom stereocenters. The summed E-state index contributed by atoms with van der Waals surface area (Å²) in [7, 11) is 2.83. The minimum absolute atomic E-state index is 0.0293. The third-order valence-electron chi connectivity index (χ3n) is 5.65. The summed E-state index contributed by atoms with van der Waals surface area (Å²) >= 11 is 0. The van der Waals surface area contributed by atoms with Gasteiger partial charge in [0.05, 0.1) is 26.2 Å². The van der Waals surface area contributed by atoms with Crippen molar-refractivity contribution in [3.8, 4) is 34.5 Å². The number of aliphatic hydroxyl groups excluding tert-OH is 1. The van der Waals surface area contributed by atoms with Gasteiger partial charge in [0.1, 0.15) is 16.7 Å². The van der Waals surface area contributed by atoms with Gasteiger partial charge in [-0.2, -0.15) is 0 Å². The monoisotopic (exact) mass is 452 g/mol. The molecule has 9 heteroatoms. The Hall–Kier alpha value is -4.11. The minimum atomic E-state index is -0.948. The summed E-state index contributed by atoms with van der Waals surface area (Å²) < 4.78 is 28.8. The number of benzene rings is 3. The second-order valence-electron chi connectivity index (χ2n) is 7.47. The van der Waals surface area contributed by atoms with Gasteiger partial charge < -0.3 is 38.7 Å². The summed E-state index contributed by atoms with van der Waals surface area (Å²) in [6.07, 6.45) is -1.86. The van der Waals surface area contributed by atoms with Crippen LogP contribution in [0.3, 0.4) is 0 Å². The normalized spacial score (nSPS) is 17.3. The molecule has 3 N–H and O–H groups in total. The number of fused-ring (bicyclic) bond motifs is 4. The Balaban J connectivity index is 1.76. The molecule has 2 unspecified atom stereocenters. The maximum absolute atomic E-state index is 13.1. The zero-order chi connectivity index (χ0) is 23.3. The van der Waals surface area contributed by atoms with Gasteiger partial charge in [-0.1, -0.05) is 18.2 Å². The first-order chi connectivity index (χ1) is 16.0. The van der Waals surface area contributed by atoms with E-state index < -0.39 is 24.2 Å². The van der Waals surface area contributed by atoms with E-state index in [-0.39, 0.29) is 56.4 Å². The van der Waals surface area contributed by atoms with E-state index in [0.29, 0.717) is 5.56 Å². The fourth-order valence-corrected chi connectivity index (χ4v) is 4.06. The van der Waals surface area contributed by atoms with Crippen molar-refractivity contribution < 1.29 is 38.7 Å². The van der Waals surface area contributed by atoms with Crippen molar-refractivity contribution >= 4 is 21.9 Å². The highest BCUT2D eigenvalue weighted by atomic mass is 16.6. The molecule has 1 aliphatic heterocycles. The summed E-state index contributed by atoms with van der Waals surface area (Å²) in [5, 5.41) is 31.0. The van der Waals surface area contributed by atoms with Crippen LogP contribution in [-0.4, -0.2) is 42.3 Å². The molecule has 33 heavy (non-hydrogen) atoms. The molecule has 0 fully saturated rings. The van der Waals surface area contributed by atoms with Crippen molar-refractivity contribution in [3.63, 3.8) is 0 Å². The van der Waals surface area contributed by atoms with E-state index in [1.165, 1.54) is 26.4 Å². The second kappa shape index (κ2) is 7.79. The third kappa shape index (κ3) is 3.08. The van der Waals surface area contributed by atoms with Crippen LogP contribution in [0.25, 0.3) is 21.9 Å². The molecule has 0 amide bonds. The number of phenols is 2. The first-order valence-corrected chi connectivity index (χ1v) is 10.1. The van der Waals surface area contributed by atoms with Gasteiger partial charge in [-0.05, 0) is 24.3 Å². The summed E-state index contributed by atoms with van der Waals surface area (Å²) in [5.74, 6) is 0.278. The smallest absolute Gasteiger partial charge is 0.209 e. The molecular formula is C24H20O9. The fourth-order valence-electron chi connectivity index (χ4n) is 4.06. The summed E-state index contributed by atoms with van der Waals surface area (Å²) in [5.41, 5.74) is 0.116. The molecule has 5 rings (SSSR count). The van der Waals surface area contributed by atoms with E-state index in [4.69, 9.17) is 23.4 Å². The zero-order valence-corrected chi connectivity index (χ0v) is 17.7. The Morgan fingerprint density at radius 3 is 2.45 bits per heavy atom. The van der Waals surface area contributed by atoms with Gasteiger partial charge in [0, 0.05) is 5.56 Å². The average Bonchev–Trinajstić information content (AvgIpc) is 2.83. The lowest BCUT2D eigenvalue weighted by Crippen LogP contribution is -2.36. The molecule has 1 aliphatic rings. The van der Waals surface area contributed by atoms with Gasteiger partial charge >= 0.3 is 0 Å². The number of rotatable bonds is 4. The molecule has 4 aromatic rings. The highest BCUT2D eigenvalue weighted by Gasteiger charge is 2.38. The Morgan fingerprint density at radius 2 is 1.73 bits per heavy atom. The zero-order valence-electron chi connectivity index (χ0n) is 17.7. The van der Waals surface area contributed by atoms with Gasteiger partial charge in [0.25, 0.3) is 0 Å². The van der Waals surface area contributed by atoms with E-state index in [0.717, 1.165) is 0 Å². The van der Waals surface area contributed by atoms with Crippen molar-refractivity contribution in [1.29, 1.82) is 0 Å². The lowest BCUT2D eigenvalue weighted by molar-refractivity contribution is -0.0143. The van der Waals surface area contributed by atoms with Gasteiger partial charge in [-0.25, -0.2) is 0 Å². The van der Waals surface area contributed by atoms with Crippen LogP contribution in [0, 0.1) is 0 Å². The van der Waals surface area contributed by atoms with Crippen LogP contribution in [0.15, 0.2) is 51.7 Å². The van der Waals surface area contributed by atoms with Gasteiger partial charge in [0.15, 0.2) is 35.0 Å². The maximum Gasteiger partial charge on any atom is 0.209 e. The van der Waals surface area contributed by atoms with Gasteiger partial charge in [-0.3, -0.25) is 4.79 Å². The van der Waals surface area contributed by atoms with E-state index >= 15 is 0 Å². The number of hydrogen-bond acceptors (Lipinski definition) is 9. The summed E-state index contributed by atoms with van der Waals surface area (Å²) in [6, 6.07) is 10.8. The van der Waals surface area contributed by atoms with Crippen molar-refractivity contribution in [2.45, 2.75) is 12.2 Å². The number of phenolic OH excluding ortho intramolecular Hbond substituents is 2. The van der Waals surface area contributed by atoms with Gasteiger partial charge in [0.2, 0.25) is 16.9 Å². The average molecular weight is 452 g/mol. The van der Waals surface area contributed by atoms with Crippen LogP contribution in [-0.2, 0) is 0 Å². The van der Waals surface area contributed by atoms with E-state index in [9.17, 15) is 20.1 Å². The molecule has 3 aromatic carbocycles. The topological polar surface area (TPSA) is 128 Å². The summed E-state index contributed by atoms with van der Waals surface area (Å²) in [6.45, 7) is -0.460. The van der Waals surface area contributed by atoms with Crippen LogP contribution in [0.1, 0.15) is 11.7 Å². The Morgan fingerprint density at radius 1 is 0.970 bits per heavy atom. The molecule has 0 radical (unpaired) electrons. The molecule has 170 valence electrons. The van der Waals surface area contributed by atoms with Crippen LogP contribution < -0.4 is 24.4 Å². The quantitative estimate of drug-likeness (QED) is 0.400. The molecule has 0 aliphatic carbocycles. The number of hydrogen-bond donors (Lipinski definition) is 3. The van der Waals surface area contributed by atoms with Crippen molar-refractivity contribution in [2.24, 2.45) is 0 Å². The predicted molar refractivity (Wildman–Crippen MR) is 118 cm³/mol. The lowest BCUT2D eigenvalue weighted by atomic mass is 10.0. The van der Waals surface area contributed by atoms with Gasteiger partial charge in [-0.15, -0.1) is 0 Å². The fraction of sp³-hybridized carbons (Fsp3) is 0.208. The van der Waals surface area contributed by atoms with E-state index in [1.54, 1.807) is 30.3 Å². The van der Waals surface area contributed by atoms with Crippen molar-refractivity contribution in [2.75, 3.05) is 20.8 Å². The Bertz CT molecular complexity index is 1440. The minimum Gasteiger partial charge on any atom is -0.507 e. The Kier molecular flexibility index (Phi) is 4.90.